The number of nitrogens with zero attached hydrogens (tertiary/aromatic N) is 5. The third-order valence-electron chi connectivity index (χ3n) is 3.02. The summed E-state index contributed by atoms with van der Waals surface area (Å²) in [5.74, 6) is -1.42. The van der Waals surface area contributed by atoms with Crippen molar-refractivity contribution in [1.82, 2.24) is 24.5 Å². The Kier molecular flexibility index (Phi) is 3.89. The summed E-state index contributed by atoms with van der Waals surface area (Å²) in [5.41, 5.74) is 1.60. The standard InChI is InChI=1S/C13H12N6O3S/c1-18-10(2-3-14-18)9-7-23-13(16-9)17-11(20)6-19-5-8(4-15-19)12(21)22/h2-5,7H,6H2,1H3,(H,21,22)(H,16,17,20). The zero-order valence-corrected chi connectivity index (χ0v) is 12.8. The summed E-state index contributed by atoms with van der Waals surface area (Å²) in [4.78, 5) is 27.0. The van der Waals surface area contributed by atoms with Crippen LogP contribution in [0.25, 0.3) is 11.4 Å². The predicted octanol–water partition coefficient (Wildman–Crippen LogP) is 1.08. The summed E-state index contributed by atoms with van der Waals surface area (Å²) in [5, 5.41) is 21.6. The second kappa shape index (κ2) is 6.01. The van der Waals surface area contributed by atoms with Crippen molar-refractivity contribution >= 4 is 28.3 Å². The highest BCUT2D eigenvalue weighted by Gasteiger charge is 2.12. The Balaban J connectivity index is 1.65. The van der Waals surface area contributed by atoms with Crippen molar-refractivity contribution in [2.75, 3.05) is 5.32 Å². The molecule has 0 bridgehead atoms. The fourth-order valence-electron chi connectivity index (χ4n) is 1.94. The van der Waals surface area contributed by atoms with E-state index in [4.69, 9.17) is 5.11 Å². The maximum atomic E-state index is 12.0. The van der Waals surface area contributed by atoms with Crippen LogP contribution in [0.2, 0.25) is 0 Å². The lowest BCUT2D eigenvalue weighted by molar-refractivity contribution is -0.116. The first-order valence-corrected chi connectivity index (χ1v) is 7.40. The van der Waals surface area contributed by atoms with Crippen molar-refractivity contribution in [3.8, 4) is 11.4 Å². The van der Waals surface area contributed by atoms with E-state index in [1.807, 2.05) is 18.5 Å². The molecule has 0 aliphatic rings. The molecule has 0 spiro atoms. The second-order valence-corrected chi connectivity index (χ2v) is 5.52. The first-order chi connectivity index (χ1) is 11.0. The lowest BCUT2D eigenvalue weighted by atomic mass is 10.3. The van der Waals surface area contributed by atoms with E-state index >= 15 is 0 Å². The van der Waals surface area contributed by atoms with Crippen molar-refractivity contribution < 1.29 is 14.7 Å². The minimum atomic E-state index is -1.09. The summed E-state index contributed by atoms with van der Waals surface area (Å²) < 4.78 is 2.95. The smallest absolute Gasteiger partial charge is 0.338 e. The Morgan fingerprint density at radius 3 is 2.87 bits per heavy atom. The number of amides is 1. The zero-order valence-electron chi connectivity index (χ0n) is 12.0. The quantitative estimate of drug-likeness (QED) is 0.722. The number of nitrogens with one attached hydrogen (secondary N) is 1. The maximum absolute atomic E-state index is 12.0. The molecule has 0 saturated heterocycles. The fraction of sp³-hybridized carbons (Fsp3) is 0.154. The zero-order chi connectivity index (χ0) is 16.4. The molecule has 0 atom stereocenters. The fourth-order valence-corrected chi connectivity index (χ4v) is 2.66. The molecule has 0 unspecified atom stereocenters. The van der Waals surface area contributed by atoms with Gasteiger partial charge in [-0.25, -0.2) is 9.78 Å². The van der Waals surface area contributed by atoms with Gasteiger partial charge in [0.15, 0.2) is 5.13 Å². The number of aromatic nitrogens is 5. The first kappa shape index (κ1) is 14.9. The molecule has 2 N–H and O–H groups in total. The normalized spacial score (nSPS) is 10.7. The lowest BCUT2D eigenvalue weighted by Gasteiger charge is -2.01. The minimum absolute atomic E-state index is 0.0329. The average Bonchev–Trinajstić information content (AvgIpc) is 3.19. The summed E-state index contributed by atoms with van der Waals surface area (Å²) in [7, 11) is 1.81. The molecule has 23 heavy (non-hydrogen) atoms. The van der Waals surface area contributed by atoms with Crippen LogP contribution in [-0.4, -0.2) is 41.5 Å². The summed E-state index contributed by atoms with van der Waals surface area (Å²) in [6.07, 6.45) is 4.16. The van der Waals surface area contributed by atoms with E-state index in [0.717, 1.165) is 11.4 Å². The number of rotatable bonds is 5. The van der Waals surface area contributed by atoms with Gasteiger partial charge in [0.05, 0.1) is 17.5 Å². The van der Waals surface area contributed by atoms with E-state index in [-0.39, 0.29) is 18.0 Å². The number of carbonyl (C=O) groups is 2. The highest BCUT2D eigenvalue weighted by atomic mass is 32.1. The van der Waals surface area contributed by atoms with Gasteiger partial charge in [-0.1, -0.05) is 0 Å². The van der Waals surface area contributed by atoms with E-state index in [9.17, 15) is 9.59 Å². The van der Waals surface area contributed by atoms with Crippen LogP contribution in [0.15, 0.2) is 30.0 Å². The Bertz CT molecular complexity index is 865. The lowest BCUT2D eigenvalue weighted by Crippen LogP contribution is -2.19. The van der Waals surface area contributed by atoms with Crippen molar-refractivity contribution in [2.24, 2.45) is 7.05 Å². The number of aromatic carboxylic acids is 1. The van der Waals surface area contributed by atoms with Crippen LogP contribution in [0.4, 0.5) is 5.13 Å². The largest absolute Gasteiger partial charge is 0.478 e. The topological polar surface area (TPSA) is 115 Å². The van der Waals surface area contributed by atoms with Gasteiger partial charge in [-0.05, 0) is 6.07 Å². The molecule has 10 heteroatoms. The number of hydrogen-bond acceptors (Lipinski definition) is 6. The molecule has 3 rings (SSSR count). The van der Waals surface area contributed by atoms with Gasteiger partial charge in [0.2, 0.25) is 5.91 Å². The summed E-state index contributed by atoms with van der Waals surface area (Å²) in [6.45, 7) is -0.0894. The van der Waals surface area contributed by atoms with Gasteiger partial charge in [-0.15, -0.1) is 11.3 Å². The van der Waals surface area contributed by atoms with Crippen LogP contribution in [0, 0.1) is 0 Å². The van der Waals surface area contributed by atoms with Crippen LogP contribution in [0.3, 0.4) is 0 Å². The third kappa shape index (κ3) is 3.26. The number of thiazole rings is 1. The van der Waals surface area contributed by atoms with Crippen LogP contribution in [0.1, 0.15) is 10.4 Å². The van der Waals surface area contributed by atoms with E-state index in [2.05, 4.69) is 20.5 Å². The molecule has 0 aliphatic carbocycles. The van der Waals surface area contributed by atoms with Crippen LogP contribution in [-0.2, 0) is 18.4 Å². The van der Waals surface area contributed by atoms with Crippen molar-refractivity contribution in [3.63, 3.8) is 0 Å². The molecule has 0 aliphatic heterocycles. The van der Waals surface area contributed by atoms with Crippen LogP contribution < -0.4 is 5.32 Å². The number of hydrogen-bond donors (Lipinski definition) is 2. The molecular formula is C13H12N6O3S. The summed E-state index contributed by atoms with van der Waals surface area (Å²) >= 11 is 1.30. The van der Waals surface area contributed by atoms with E-state index in [1.165, 1.54) is 28.4 Å². The highest BCUT2D eigenvalue weighted by molar-refractivity contribution is 7.14. The van der Waals surface area contributed by atoms with E-state index in [0.29, 0.717) is 5.13 Å². The molecule has 1 amide bonds. The Hall–Kier alpha value is -3.01. The molecule has 0 fully saturated rings. The molecule has 3 aromatic rings. The molecule has 0 aromatic carbocycles. The van der Waals surface area contributed by atoms with Gasteiger partial charge in [0.25, 0.3) is 0 Å². The molecule has 3 heterocycles. The molecular weight excluding hydrogens is 320 g/mol. The first-order valence-electron chi connectivity index (χ1n) is 6.52. The monoisotopic (exact) mass is 332 g/mol. The molecule has 0 saturated carbocycles. The van der Waals surface area contributed by atoms with Crippen molar-refractivity contribution in [3.05, 3.63) is 35.6 Å². The average molecular weight is 332 g/mol. The molecule has 3 aromatic heterocycles. The van der Waals surface area contributed by atoms with Gasteiger partial charge < -0.3 is 10.4 Å². The van der Waals surface area contributed by atoms with Gasteiger partial charge in [0, 0.05) is 24.8 Å². The minimum Gasteiger partial charge on any atom is -0.478 e. The SMILES string of the molecule is Cn1nccc1-c1csc(NC(=O)Cn2cc(C(=O)O)cn2)n1. The van der Waals surface area contributed by atoms with Crippen molar-refractivity contribution in [1.29, 1.82) is 0 Å². The van der Waals surface area contributed by atoms with Gasteiger partial charge >= 0.3 is 5.97 Å². The van der Waals surface area contributed by atoms with Crippen LogP contribution >= 0.6 is 11.3 Å². The van der Waals surface area contributed by atoms with Gasteiger partial charge in [-0.2, -0.15) is 10.2 Å². The Morgan fingerprint density at radius 2 is 2.22 bits per heavy atom. The number of aryl methyl sites for hydroxylation is 1. The number of carboxylic acids is 1. The van der Waals surface area contributed by atoms with E-state index in [1.54, 1.807) is 10.9 Å². The van der Waals surface area contributed by atoms with E-state index < -0.39 is 5.97 Å². The number of anilines is 1. The predicted molar refractivity (Wildman–Crippen MR) is 82.1 cm³/mol. The van der Waals surface area contributed by atoms with Crippen molar-refractivity contribution in [2.45, 2.75) is 6.54 Å². The maximum Gasteiger partial charge on any atom is 0.338 e. The summed E-state index contributed by atoms with van der Waals surface area (Å²) in [6, 6.07) is 1.83. The van der Waals surface area contributed by atoms with Gasteiger partial charge in [0.1, 0.15) is 12.2 Å². The van der Waals surface area contributed by atoms with Crippen LogP contribution in [0.5, 0.6) is 0 Å². The Labute approximate surface area is 134 Å². The molecule has 118 valence electrons. The third-order valence-corrected chi connectivity index (χ3v) is 3.78. The number of carboxylic acid groups (broad SMARTS) is 1. The Morgan fingerprint density at radius 1 is 1.39 bits per heavy atom. The molecule has 9 nitrogen and oxygen atoms in total. The molecule has 0 radical (unpaired) electrons. The second-order valence-electron chi connectivity index (χ2n) is 4.66. The highest BCUT2D eigenvalue weighted by Crippen LogP contribution is 2.24. The van der Waals surface area contributed by atoms with Gasteiger partial charge in [-0.3, -0.25) is 14.2 Å². The number of carbonyl (C=O) groups excluding carboxylic acids is 1.